The number of carbonyl (C=O) groups is 1. The van der Waals surface area contributed by atoms with E-state index in [0.29, 0.717) is 0 Å². The Bertz CT molecular complexity index is 1060. The van der Waals surface area contributed by atoms with E-state index in [1.165, 1.54) is 37.9 Å². The van der Waals surface area contributed by atoms with Crippen molar-refractivity contribution < 1.29 is 9.53 Å². The summed E-state index contributed by atoms with van der Waals surface area (Å²) >= 11 is 1.55. The standard InChI is InChI=1S/C27H26NO2S/c1-30-22-13-14-23-24(17-22)31-27(25(23)20-7-3-4-8-20)26(29)21-11-9-19(10-12-21)18-28-15-5-2-6-16-28/h3-4,7-14,17H,2,5-6,15-16,18H2,1H3. The fourth-order valence-electron chi connectivity index (χ4n) is 4.46. The van der Waals surface area contributed by atoms with Gasteiger partial charge in [0.2, 0.25) is 5.78 Å². The van der Waals surface area contributed by atoms with Crippen LogP contribution in [0.2, 0.25) is 0 Å². The van der Waals surface area contributed by atoms with Crippen LogP contribution in [0.4, 0.5) is 0 Å². The molecule has 5 rings (SSSR count). The fourth-order valence-corrected chi connectivity index (χ4v) is 5.67. The van der Waals surface area contributed by atoms with E-state index in [-0.39, 0.29) is 5.78 Å². The van der Waals surface area contributed by atoms with Gasteiger partial charge in [-0.3, -0.25) is 9.69 Å². The third-order valence-corrected chi connectivity index (χ3v) is 7.28. The number of benzene rings is 2. The van der Waals surface area contributed by atoms with Crippen LogP contribution in [0.5, 0.6) is 5.75 Å². The summed E-state index contributed by atoms with van der Waals surface area (Å²) in [7, 11) is 1.67. The molecule has 0 atom stereocenters. The van der Waals surface area contributed by atoms with Crippen molar-refractivity contribution in [3.8, 4) is 5.75 Å². The van der Waals surface area contributed by atoms with Crippen LogP contribution in [-0.2, 0) is 6.54 Å². The molecule has 2 aliphatic rings. The normalized spacial score (nSPS) is 18.0. The SMILES string of the molecule is COc1ccc2c([C]3[CH][CH][CH][CH]3)c(C(=O)c3ccc(CN4CCCCC4)cc3)sc2c1. The lowest BCUT2D eigenvalue weighted by molar-refractivity contribution is 0.104. The minimum absolute atomic E-state index is 0.0842. The molecule has 157 valence electrons. The zero-order valence-electron chi connectivity index (χ0n) is 17.8. The van der Waals surface area contributed by atoms with Crippen LogP contribution < -0.4 is 4.74 Å². The number of piperidine rings is 1. The maximum absolute atomic E-state index is 13.6. The van der Waals surface area contributed by atoms with Crippen LogP contribution in [0.15, 0.2) is 42.5 Å². The van der Waals surface area contributed by atoms with E-state index < -0.39 is 0 Å². The average molecular weight is 429 g/mol. The maximum Gasteiger partial charge on any atom is 0.203 e. The molecule has 1 aliphatic heterocycles. The van der Waals surface area contributed by atoms with Crippen molar-refractivity contribution in [2.24, 2.45) is 0 Å². The number of carbonyl (C=O) groups excluding carboxylic acids is 1. The van der Waals surface area contributed by atoms with Gasteiger partial charge in [-0.05, 0) is 86.3 Å². The topological polar surface area (TPSA) is 29.5 Å². The molecule has 4 heteroatoms. The lowest BCUT2D eigenvalue weighted by atomic mass is 9.92. The van der Waals surface area contributed by atoms with Crippen LogP contribution in [-0.4, -0.2) is 30.9 Å². The van der Waals surface area contributed by atoms with Crippen molar-refractivity contribution in [2.75, 3.05) is 20.2 Å². The molecule has 3 aromatic rings. The first-order chi connectivity index (χ1) is 15.2. The molecule has 31 heavy (non-hydrogen) atoms. The number of methoxy groups -OCH3 is 1. The largest absolute Gasteiger partial charge is 0.497 e. The van der Waals surface area contributed by atoms with Crippen LogP contribution >= 0.6 is 11.3 Å². The van der Waals surface area contributed by atoms with Gasteiger partial charge < -0.3 is 4.74 Å². The number of ether oxygens (including phenoxy) is 1. The summed E-state index contributed by atoms with van der Waals surface area (Å²) in [6.07, 6.45) is 12.1. The molecule has 5 radical (unpaired) electrons. The van der Waals surface area contributed by atoms with Crippen LogP contribution in [0, 0.1) is 31.6 Å². The van der Waals surface area contributed by atoms with Gasteiger partial charge in [0.05, 0.1) is 12.0 Å². The zero-order chi connectivity index (χ0) is 21.2. The predicted molar refractivity (Wildman–Crippen MR) is 127 cm³/mol. The molecule has 0 unspecified atom stereocenters. The second-order valence-electron chi connectivity index (χ2n) is 8.20. The summed E-state index contributed by atoms with van der Waals surface area (Å²) in [5, 5.41) is 1.10. The number of rotatable bonds is 6. The van der Waals surface area contributed by atoms with E-state index in [0.717, 1.165) is 44.3 Å². The Kier molecular flexibility index (Phi) is 6.10. The number of thiophene rings is 1. The Labute approximate surface area is 189 Å². The van der Waals surface area contributed by atoms with Gasteiger partial charge in [-0.15, -0.1) is 11.3 Å². The zero-order valence-corrected chi connectivity index (χ0v) is 18.6. The molecule has 0 bridgehead atoms. The van der Waals surface area contributed by atoms with Crippen molar-refractivity contribution in [1.29, 1.82) is 0 Å². The van der Waals surface area contributed by atoms with Gasteiger partial charge in [0.15, 0.2) is 0 Å². The Morgan fingerprint density at radius 1 is 1.00 bits per heavy atom. The van der Waals surface area contributed by atoms with E-state index in [9.17, 15) is 4.79 Å². The van der Waals surface area contributed by atoms with Gasteiger partial charge in [0, 0.05) is 22.7 Å². The van der Waals surface area contributed by atoms with Gasteiger partial charge in [-0.1, -0.05) is 30.7 Å². The van der Waals surface area contributed by atoms with Crippen molar-refractivity contribution in [1.82, 2.24) is 4.90 Å². The van der Waals surface area contributed by atoms with Crippen molar-refractivity contribution in [3.05, 3.63) is 95.6 Å². The summed E-state index contributed by atoms with van der Waals surface area (Å²) in [4.78, 5) is 16.9. The molecule has 1 aromatic heterocycles. The Morgan fingerprint density at radius 3 is 2.45 bits per heavy atom. The molecule has 0 N–H and O–H groups in total. The first kappa shape index (κ1) is 20.7. The van der Waals surface area contributed by atoms with E-state index >= 15 is 0 Å². The minimum Gasteiger partial charge on any atom is -0.497 e. The van der Waals surface area contributed by atoms with Crippen molar-refractivity contribution in [3.63, 3.8) is 0 Å². The molecule has 0 spiro atoms. The summed E-state index contributed by atoms with van der Waals surface area (Å²) < 4.78 is 6.47. The van der Waals surface area contributed by atoms with Gasteiger partial charge in [0.25, 0.3) is 0 Å². The lowest BCUT2D eigenvalue weighted by Crippen LogP contribution is -2.29. The lowest BCUT2D eigenvalue weighted by Gasteiger charge is -2.26. The predicted octanol–water partition coefficient (Wildman–Crippen LogP) is 5.88. The molecule has 1 aliphatic carbocycles. The molecule has 1 saturated heterocycles. The molecule has 2 fully saturated rings. The Morgan fingerprint density at radius 2 is 1.74 bits per heavy atom. The van der Waals surface area contributed by atoms with Crippen molar-refractivity contribution in [2.45, 2.75) is 25.8 Å². The highest BCUT2D eigenvalue weighted by Crippen LogP contribution is 2.43. The number of fused-ring (bicyclic) bond motifs is 1. The van der Waals surface area contributed by atoms with Crippen LogP contribution in [0.1, 0.15) is 45.6 Å². The second-order valence-corrected chi connectivity index (χ2v) is 9.26. The summed E-state index contributed by atoms with van der Waals surface area (Å²) in [5.41, 5.74) is 3.04. The van der Waals surface area contributed by atoms with E-state index in [1.54, 1.807) is 18.4 Å². The molecule has 2 aromatic carbocycles. The quantitative estimate of drug-likeness (QED) is 0.459. The third-order valence-electron chi connectivity index (χ3n) is 6.13. The Balaban J connectivity index is 1.45. The molecule has 1 saturated carbocycles. The Hall–Kier alpha value is -2.17. The van der Waals surface area contributed by atoms with E-state index in [2.05, 4.69) is 35.9 Å². The number of ketones is 1. The number of likely N-dealkylation sites (tertiary alicyclic amines) is 1. The number of nitrogens with zero attached hydrogens (tertiary/aromatic N) is 1. The molecule has 0 amide bonds. The third kappa shape index (κ3) is 4.28. The fraction of sp³-hybridized carbons (Fsp3) is 0.259. The summed E-state index contributed by atoms with van der Waals surface area (Å²) in [5.74, 6) is 1.98. The first-order valence-corrected chi connectivity index (χ1v) is 11.7. The molecular formula is C27H26NO2S. The van der Waals surface area contributed by atoms with Crippen LogP contribution in [0.25, 0.3) is 10.1 Å². The van der Waals surface area contributed by atoms with Crippen molar-refractivity contribution >= 4 is 27.2 Å². The van der Waals surface area contributed by atoms with Crippen LogP contribution in [0.3, 0.4) is 0 Å². The van der Waals surface area contributed by atoms with E-state index in [4.69, 9.17) is 4.74 Å². The van der Waals surface area contributed by atoms with E-state index in [1.807, 2.05) is 37.1 Å². The second kappa shape index (κ2) is 9.13. The highest BCUT2D eigenvalue weighted by Gasteiger charge is 2.29. The maximum atomic E-state index is 13.6. The van der Waals surface area contributed by atoms with Gasteiger partial charge in [0.1, 0.15) is 5.75 Å². The average Bonchev–Trinajstić information content (AvgIpc) is 3.47. The summed E-state index contributed by atoms with van der Waals surface area (Å²) in [6, 6.07) is 14.2. The molecular weight excluding hydrogens is 402 g/mol. The van der Waals surface area contributed by atoms with Gasteiger partial charge in [-0.25, -0.2) is 0 Å². The summed E-state index contributed by atoms with van der Waals surface area (Å²) in [6.45, 7) is 3.32. The van der Waals surface area contributed by atoms with Gasteiger partial charge >= 0.3 is 0 Å². The monoisotopic (exact) mass is 428 g/mol. The number of hydrogen-bond donors (Lipinski definition) is 0. The first-order valence-electron chi connectivity index (χ1n) is 10.9. The highest BCUT2D eigenvalue weighted by molar-refractivity contribution is 7.21. The smallest absolute Gasteiger partial charge is 0.203 e. The molecule has 3 nitrogen and oxygen atoms in total. The number of hydrogen-bond acceptors (Lipinski definition) is 4. The van der Waals surface area contributed by atoms with Gasteiger partial charge in [-0.2, -0.15) is 0 Å². The molecule has 2 heterocycles. The minimum atomic E-state index is 0.0842. The highest BCUT2D eigenvalue weighted by atomic mass is 32.1.